The summed E-state index contributed by atoms with van der Waals surface area (Å²) >= 11 is 0. The van der Waals surface area contributed by atoms with E-state index in [9.17, 15) is 13.2 Å². The highest BCUT2D eigenvalue weighted by Crippen LogP contribution is 2.35. The molecule has 7 heteroatoms. The fraction of sp³-hybridized carbons (Fsp3) is 0.600. The van der Waals surface area contributed by atoms with Gasteiger partial charge in [-0.2, -0.15) is 13.2 Å². The van der Waals surface area contributed by atoms with Crippen molar-refractivity contribution in [3.8, 4) is 11.5 Å². The Hall–Kier alpha value is -1.47. The second kappa shape index (κ2) is 6.34. The molecule has 4 nitrogen and oxygen atoms in total. The first kappa shape index (κ1) is 15.4. The average molecular weight is 316 g/mol. The topological polar surface area (TPSA) is 33.7 Å². The van der Waals surface area contributed by atoms with Crippen molar-refractivity contribution in [3.05, 3.63) is 23.8 Å². The molecule has 2 aliphatic rings. The van der Waals surface area contributed by atoms with E-state index < -0.39 is 12.7 Å². The molecule has 1 aromatic carbocycles. The lowest BCUT2D eigenvalue weighted by Crippen LogP contribution is -2.45. The minimum Gasteiger partial charge on any atom is -0.454 e. The molecule has 0 saturated carbocycles. The minimum absolute atomic E-state index is 0.238. The molecule has 122 valence electrons. The van der Waals surface area contributed by atoms with Crippen LogP contribution in [0.3, 0.4) is 0 Å². The molecule has 0 bridgehead atoms. The van der Waals surface area contributed by atoms with Crippen molar-refractivity contribution < 1.29 is 22.6 Å². The zero-order valence-corrected chi connectivity index (χ0v) is 12.2. The average Bonchev–Trinajstić information content (AvgIpc) is 2.94. The Labute approximate surface area is 127 Å². The third-order valence-corrected chi connectivity index (χ3v) is 4.05. The van der Waals surface area contributed by atoms with Crippen molar-refractivity contribution in [2.75, 3.05) is 26.4 Å². The lowest BCUT2D eigenvalue weighted by molar-refractivity contribution is -0.148. The van der Waals surface area contributed by atoms with Crippen molar-refractivity contribution in [3.63, 3.8) is 0 Å². The molecule has 0 spiro atoms. The van der Waals surface area contributed by atoms with Gasteiger partial charge in [0.1, 0.15) is 0 Å². The van der Waals surface area contributed by atoms with E-state index in [0.717, 1.165) is 29.9 Å². The smallest absolute Gasteiger partial charge is 0.401 e. The van der Waals surface area contributed by atoms with E-state index in [0.29, 0.717) is 19.6 Å². The van der Waals surface area contributed by atoms with Gasteiger partial charge < -0.3 is 14.8 Å². The lowest BCUT2D eigenvalue weighted by Gasteiger charge is -2.32. The van der Waals surface area contributed by atoms with Crippen LogP contribution in [0.15, 0.2) is 18.2 Å². The Kier molecular flexibility index (Phi) is 4.44. The number of nitrogens with zero attached hydrogens (tertiary/aromatic N) is 1. The van der Waals surface area contributed by atoms with Crippen LogP contribution in [0, 0.1) is 0 Å². The number of nitrogens with one attached hydrogen (secondary N) is 1. The first-order valence-corrected chi connectivity index (χ1v) is 7.41. The van der Waals surface area contributed by atoms with Crippen molar-refractivity contribution in [1.29, 1.82) is 0 Å². The molecule has 1 N–H and O–H groups in total. The quantitative estimate of drug-likeness (QED) is 0.925. The predicted molar refractivity (Wildman–Crippen MR) is 74.9 cm³/mol. The van der Waals surface area contributed by atoms with Crippen LogP contribution in [-0.4, -0.2) is 43.5 Å². The Bertz CT molecular complexity index is 514. The summed E-state index contributed by atoms with van der Waals surface area (Å²) in [6.45, 7) is 1.02. The molecule has 1 saturated heterocycles. The lowest BCUT2D eigenvalue weighted by atomic mass is 10.0. The van der Waals surface area contributed by atoms with Crippen LogP contribution in [0.25, 0.3) is 0 Å². The molecular weight excluding hydrogens is 297 g/mol. The Balaban J connectivity index is 1.47. The number of alkyl halides is 3. The molecule has 0 amide bonds. The van der Waals surface area contributed by atoms with Gasteiger partial charge in [-0.15, -0.1) is 0 Å². The van der Waals surface area contributed by atoms with Crippen molar-refractivity contribution >= 4 is 0 Å². The predicted octanol–water partition coefficient (Wildman–Crippen LogP) is 2.53. The highest BCUT2D eigenvalue weighted by Gasteiger charge is 2.32. The van der Waals surface area contributed by atoms with Gasteiger partial charge in [0.25, 0.3) is 0 Å². The largest absolute Gasteiger partial charge is 0.454 e. The van der Waals surface area contributed by atoms with Crippen LogP contribution < -0.4 is 14.8 Å². The van der Waals surface area contributed by atoms with Gasteiger partial charge in [0, 0.05) is 18.2 Å². The van der Waals surface area contributed by atoms with Crippen LogP contribution in [-0.2, 0) is 6.54 Å². The monoisotopic (exact) mass is 316 g/mol. The minimum atomic E-state index is -4.11. The zero-order chi connectivity index (χ0) is 15.6. The number of ether oxygens (including phenoxy) is 2. The van der Waals surface area contributed by atoms with E-state index in [1.165, 1.54) is 4.90 Å². The number of halogens is 3. The van der Waals surface area contributed by atoms with Gasteiger partial charge in [-0.1, -0.05) is 12.1 Å². The normalized spacial score (nSPS) is 19.6. The fourth-order valence-corrected chi connectivity index (χ4v) is 2.93. The van der Waals surface area contributed by atoms with Gasteiger partial charge in [-0.3, -0.25) is 4.90 Å². The SMILES string of the molecule is FC(F)(F)CN1CCC(NCc2cccc3c2OCO3)CC1. The van der Waals surface area contributed by atoms with E-state index in [4.69, 9.17) is 9.47 Å². The first-order valence-electron chi connectivity index (χ1n) is 7.41. The Morgan fingerprint density at radius 2 is 1.95 bits per heavy atom. The van der Waals surface area contributed by atoms with Crippen LogP contribution >= 0.6 is 0 Å². The maximum Gasteiger partial charge on any atom is 0.401 e. The molecule has 0 aromatic heterocycles. The van der Waals surface area contributed by atoms with E-state index in [1.54, 1.807) is 0 Å². The summed E-state index contributed by atoms with van der Waals surface area (Å²) in [5.74, 6) is 1.52. The van der Waals surface area contributed by atoms with Crippen molar-refractivity contribution in [1.82, 2.24) is 10.2 Å². The highest BCUT2D eigenvalue weighted by molar-refractivity contribution is 5.48. The number of likely N-dealkylation sites (tertiary alicyclic amines) is 1. The summed E-state index contributed by atoms with van der Waals surface area (Å²) < 4.78 is 47.8. The highest BCUT2D eigenvalue weighted by atomic mass is 19.4. The summed E-state index contributed by atoms with van der Waals surface area (Å²) in [4.78, 5) is 1.47. The summed E-state index contributed by atoms with van der Waals surface area (Å²) in [6, 6.07) is 5.99. The molecule has 0 atom stereocenters. The molecule has 2 heterocycles. The number of para-hydroxylation sites is 1. The molecular formula is C15H19F3N2O2. The summed E-state index contributed by atoms with van der Waals surface area (Å²) in [7, 11) is 0. The second-order valence-electron chi connectivity index (χ2n) is 5.70. The second-order valence-corrected chi connectivity index (χ2v) is 5.70. The van der Waals surface area contributed by atoms with E-state index in [2.05, 4.69) is 5.32 Å². The number of hydrogen-bond donors (Lipinski definition) is 1. The van der Waals surface area contributed by atoms with Crippen LogP contribution in [0.4, 0.5) is 13.2 Å². The molecule has 0 radical (unpaired) electrons. The molecule has 1 aromatic rings. The molecule has 3 rings (SSSR count). The van der Waals surface area contributed by atoms with Crippen LogP contribution in [0.2, 0.25) is 0 Å². The van der Waals surface area contributed by atoms with Crippen LogP contribution in [0.1, 0.15) is 18.4 Å². The third-order valence-electron chi connectivity index (χ3n) is 4.05. The number of fused-ring (bicyclic) bond motifs is 1. The molecule has 22 heavy (non-hydrogen) atoms. The Morgan fingerprint density at radius 3 is 2.68 bits per heavy atom. The molecule has 2 aliphatic heterocycles. The van der Waals surface area contributed by atoms with E-state index in [1.807, 2.05) is 18.2 Å². The molecule has 0 unspecified atom stereocenters. The van der Waals surface area contributed by atoms with Crippen LogP contribution in [0.5, 0.6) is 11.5 Å². The third kappa shape index (κ3) is 3.84. The maximum absolute atomic E-state index is 12.4. The zero-order valence-electron chi connectivity index (χ0n) is 12.2. The summed E-state index contributed by atoms with van der Waals surface area (Å²) in [5.41, 5.74) is 1.02. The first-order chi connectivity index (χ1) is 10.5. The number of benzene rings is 1. The molecule has 1 fully saturated rings. The summed E-state index contributed by atoms with van der Waals surface area (Å²) in [6.07, 6.45) is -2.66. The van der Waals surface area contributed by atoms with E-state index >= 15 is 0 Å². The fourth-order valence-electron chi connectivity index (χ4n) is 2.93. The number of rotatable bonds is 4. The van der Waals surface area contributed by atoms with Gasteiger partial charge in [-0.25, -0.2) is 0 Å². The van der Waals surface area contributed by atoms with Crippen molar-refractivity contribution in [2.24, 2.45) is 0 Å². The van der Waals surface area contributed by atoms with Gasteiger partial charge in [-0.05, 0) is 32.0 Å². The van der Waals surface area contributed by atoms with Gasteiger partial charge in [0.2, 0.25) is 6.79 Å². The number of piperidine rings is 1. The van der Waals surface area contributed by atoms with Gasteiger partial charge in [0.05, 0.1) is 6.54 Å². The Morgan fingerprint density at radius 1 is 1.18 bits per heavy atom. The number of hydrogen-bond acceptors (Lipinski definition) is 4. The molecule has 0 aliphatic carbocycles. The summed E-state index contributed by atoms with van der Waals surface area (Å²) in [5, 5.41) is 3.41. The van der Waals surface area contributed by atoms with Crippen molar-refractivity contribution in [2.45, 2.75) is 31.6 Å². The standard InChI is InChI=1S/C15H19F3N2O2/c16-15(17,18)9-20-6-4-12(5-7-20)19-8-11-2-1-3-13-14(11)22-10-21-13/h1-3,12,19H,4-10H2. The van der Waals surface area contributed by atoms with Gasteiger partial charge >= 0.3 is 6.18 Å². The van der Waals surface area contributed by atoms with E-state index in [-0.39, 0.29) is 12.8 Å². The van der Waals surface area contributed by atoms with Gasteiger partial charge in [0.15, 0.2) is 11.5 Å². The maximum atomic E-state index is 12.4.